The summed E-state index contributed by atoms with van der Waals surface area (Å²) in [6.07, 6.45) is 5.03. The van der Waals surface area contributed by atoms with E-state index >= 15 is 0 Å². The second kappa shape index (κ2) is 5.13. The zero-order chi connectivity index (χ0) is 13.9. The van der Waals surface area contributed by atoms with Crippen molar-refractivity contribution in [1.82, 2.24) is 9.55 Å². The van der Waals surface area contributed by atoms with Gasteiger partial charge in [-0.3, -0.25) is 4.79 Å². The first-order valence-corrected chi connectivity index (χ1v) is 6.45. The van der Waals surface area contributed by atoms with Crippen LogP contribution in [0.1, 0.15) is 15.9 Å². The average molecular weight is 262 g/mol. The van der Waals surface area contributed by atoms with Gasteiger partial charge in [0.1, 0.15) is 0 Å². The lowest BCUT2D eigenvalue weighted by molar-refractivity contribution is 0.104. The van der Waals surface area contributed by atoms with Crippen LogP contribution in [0.3, 0.4) is 0 Å². The van der Waals surface area contributed by atoms with Gasteiger partial charge in [0.25, 0.3) is 0 Å². The summed E-state index contributed by atoms with van der Waals surface area (Å²) in [7, 11) is 0. The third kappa shape index (κ3) is 2.38. The molecule has 0 N–H and O–H groups in total. The van der Waals surface area contributed by atoms with Crippen LogP contribution in [0.25, 0.3) is 17.2 Å². The van der Waals surface area contributed by atoms with E-state index in [9.17, 15) is 4.79 Å². The number of rotatable bonds is 3. The molecule has 0 aliphatic rings. The third-order valence-corrected chi connectivity index (χ3v) is 3.20. The van der Waals surface area contributed by atoms with Crippen LogP contribution in [0.2, 0.25) is 0 Å². The molecule has 0 saturated heterocycles. The van der Waals surface area contributed by atoms with Crippen molar-refractivity contribution in [3.63, 3.8) is 0 Å². The molecule has 0 bridgehead atoms. The highest BCUT2D eigenvalue weighted by Crippen LogP contribution is 2.12. The second-order valence-corrected chi connectivity index (χ2v) is 4.69. The van der Waals surface area contributed by atoms with Crippen molar-refractivity contribution in [3.05, 3.63) is 72.1 Å². The highest BCUT2D eigenvalue weighted by Gasteiger charge is 2.02. The number of carbonyl (C=O) groups excluding carboxylic acids is 1. The fourth-order valence-electron chi connectivity index (χ4n) is 2.06. The van der Waals surface area contributed by atoms with E-state index in [4.69, 9.17) is 0 Å². The van der Waals surface area contributed by atoms with Crippen molar-refractivity contribution in [1.29, 1.82) is 0 Å². The first-order valence-electron chi connectivity index (χ1n) is 6.45. The number of benzene rings is 2. The molecule has 3 aromatic rings. The van der Waals surface area contributed by atoms with E-state index in [0.29, 0.717) is 5.56 Å². The first-order chi connectivity index (χ1) is 9.74. The van der Waals surface area contributed by atoms with E-state index in [2.05, 4.69) is 4.98 Å². The lowest BCUT2D eigenvalue weighted by Gasteiger charge is -1.98. The van der Waals surface area contributed by atoms with E-state index < -0.39 is 0 Å². The number of allylic oxidation sites excluding steroid dienone is 1. The Morgan fingerprint density at radius 2 is 1.85 bits per heavy atom. The summed E-state index contributed by atoms with van der Waals surface area (Å²) in [6, 6.07) is 15.4. The molecule has 0 spiro atoms. The quantitative estimate of drug-likeness (QED) is 0.533. The molecule has 0 aliphatic heterocycles. The summed E-state index contributed by atoms with van der Waals surface area (Å²) in [6.45, 7) is 2.00. The molecule has 20 heavy (non-hydrogen) atoms. The second-order valence-electron chi connectivity index (χ2n) is 4.69. The van der Waals surface area contributed by atoms with Gasteiger partial charge in [0.15, 0.2) is 5.78 Å². The van der Waals surface area contributed by atoms with E-state index in [-0.39, 0.29) is 5.78 Å². The monoisotopic (exact) mass is 262 g/mol. The molecule has 0 fully saturated rings. The topological polar surface area (TPSA) is 34.9 Å². The lowest BCUT2D eigenvalue weighted by Crippen LogP contribution is -1.95. The summed E-state index contributed by atoms with van der Waals surface area (Å²) in [5.74, 6) is -0.0113. The van der Waals surface area contributed by atoms with Gasteiger partial charge in [0.05, 0.1) is 17.4 Å². The van der Waals surface area contributed by atoms with Crippen LogP contribution in [0, 0.1) is 6.92 Å². The van der Waals surface area contributed by atoms with Crippen LogP contribution < -0.4 is 0 Å². The van der Waals surface area contributed by atoms with Gasteiger partial charge < -0.3 is 4.57 Å². The van der Waals surface area contributed by atoms with Crippen LogP contribution in [-0.4, -0.2) is 15.3 Å². The summed E-state index contributed by atoms with van der Waals surface area (Å²) in [4.78, 5) is 16.3. The number of ketones is 1. The molecule has 1 heterocycles. The molecule has 0 radical (unpaired) electrons. The van der Waals surface area contributed by atoms with Gasteiger partial charge in [-0.2, -0.15) is 0 Å². The Kier molecular flexibility index (Phi) is 3.17. The van der Waals surface area contributed by atoms with Crippen molar-refractivity contribution in [2.24, 2.45) is 0 Å². The van der Waals surface area contributed by atoms with Gasteiger partial charge >= 0.3 is 0 Å². The van der Waals surface area contributed by atoms with Gasteiger partial charge in [-0.25, -0.2) is 4.98 Å². The number of hydrogen-bond acceptors (Lipinski definition) is 2. The van der Waals surface area contributed by atoms with E-state index in [1.54, 1.807) is 18.6 Å². The minimum absolute atomic E-state index is 0.0113. The summed E-state index contributed by atoms with van der Waals surface area (Å²) in [5.41, 5.74) is 3.74. The maximum absolute atomic E-state index is 12.1. The smallest absolute Gasteiger partial charge is 0.187 e. The Hall–Kier alpha value is -2.68. The predicted octanol–water partition coefficient (Wildman–Crippen LogP) is 3.70. The number of aromatic nitrogens is 2. The van der Waals surface area contributed by atoms with Gasteiger partial charge in [-0.1, -0.05) is 42.0 Å². The Bertz CT molecular complexity index is 782. The lowest BCUT2D eigenvalue weighted by atomic mass is 10.1. The molecule has 0 amide bonds. The van der Waals surface area contributed by atoms with Crippen LogP contribution in [0.4, 0.5) is 0 Å². The van der Waals surface area contributed by atoms with Gasteiger partial charge in [0, 0.05) is 17.8 Å². The molecule has 0 unspecified atom stereocenters. The number of aryl methyl sites for hydroxylation is 1. The van der Waals surface area contributed by atoms with Crippen molar-refractivity contribution in [3.8, 4) is 0 Å². The Labute approximate surface area is 117 Å². The molecule has 0 atom stereocenters. The fourth-order valence-corrected chi connectivity index (χ4v) is 2.06. The average Bonchev–Trinajstić information content (AvgIpc) is 2.89. The minimum Gasteiger partial charge on any atom is -0.306 e. The van der Waals surface area contributed by atoms with E-state index in [1.165, 1.54) is 0 Å². The number of para-hydroxylation sites is 2. The largest absolute Gasteiger partial charge is 0.306 e. The van der Waals surface area contributed by atoms with E-state index in [1.807, 2.05) is 60.0 Å². The maximum Gasteiger partial charge on any atom is 0.187 e. The zero-order valence-electron chi connectivity index (χ0n) is 11.2. The molecule has 98 valence electrons. The Balaban J connectivity index is 1.87. The molecule has 3 nitrogen and oxygen atoms in total. The highest BCUT2D eigenvalue weighted by molar-refractivity contribution is 6.06. The van der Waals surface area contributed by atoms with Gasteiger partial charge in [-0.05, 0) is 19.1 Å². The normalized spacial score (nSPS) is 11.2. The SMILES string of the molecule is Cc1ccc(C(=O)/C=C/n2cnc3ccccc32)cc1. The molecule has 1 aromatic heterocycles. The van der Waals surface area contributed by atoms with Crippen molar-refractivity contribution < 1.29 is 4.79 Å². The van der Waals surface area contributed by atoms with Crippen molar-refractivity contribution >= 4 is 23.0 Å². The molecule has 0 saturated carbocycles. The third-order valence-electron chi connectivity index (χ3n) is 3.20. The Morgan fingerprint density at radius 1 is 1.10 bits per heavy atom. The van der Waals surface area contributed by atoms with Crippen LogP contribution in [0.5, 0.6) is 0 Å². The number of hydrogen-bond donors (Lipinski definition) is 0. The summed E-state index contributed by atoms with van der Waals surface area (Å²) in [5, 5.41) is 0. The van der Waals surface area contributed by atoms with Crippen LogP contribution in [0.15, 0.2) is 60.9 Å². The number of nitrogens with zero attached hydrogens (tertiary/aromatic N) is 2. The first kappa shape index (κ1) is 12.4. The fraction of sp³-hybridized carbons (Fsp3) is 0.0588. The molecule has 3 heteroatoms. The molecular weight excluding hydrogens is 248 g/mol. The van der Waals surface area contributed by atoms with Crippen molar-refractivity contribution in [2.75, 3.05) is 0 Å². The molecule has 0 aliphatic carbocycles. The van der Waals surface area contributed by atoms with Gasteiger partial charge in [-0.15, -0.1) is 0 Å². The number of carbonyl (C=O) groups is 1. The highest BCUT2D eigenvalue weighted by atomic mass is 16.1. The molecule has 2 aromatic carbocycles. The summed E-state index contributed by atoms with van der Waals surface area (Å²) >= 11 is 0. The van der Waals surface area contributed by atoms with Crippen LogP contribution >= 0.6 is 0 Å². The predicted molar refractivity (Wildman–Crippen MR) is 80.6 cm³/mol. The summed E-state index contributed by atoms with van der Waals surface area (Å²) < 4.78 is 1.85. The van der Waals surface area contributed by atoms with Crippen molar-refractivity contribution in [2.45, 2.75) is 6.92 Å². The number of fused-ring (bicyclic) bond motifs is 1. The maximum atomic E-state index is 12.1. The Morgan fingerprint density at radius 3 is 2.65 bits per heavy atom. The van der Waals surface area contributed by atoms with E-state index in [0.717, 1.165) is 16.6 Å². The van der Waals surface area contributed by atoms with Gasteiger partial charge in [0.2, 0.25) is 0 Å². The molecule has 3 rings (SSSR count). The molecular formula is C17H14N2O. The zero-order valence-corrected chi connectivity index (χ0v) is 11.2. The standard InChI is InChI=1S/C17H14N2O/c1-13-6-8-14(9-7-13)17(20)10-11-19-12-18-15-4-2-3-5-16(15)19/h2-12H,1H3/b11-10+. The minimum atomic E-state index is -0.0113. The van der Waals surface area contributed by atoms with Crippen LogP contribution in [-0.2, 0) is 0 Å². The number of imidazole rings is 1.